The van der Waals surface area contributed by atoms with E-state index in [1.54, 1.807) is 31.2 Å². The van der Waals surface area contributed by atoms with Crippen LogP contribution >= 0.6 is 0 Å². The zero-order valence-corrected chi connectivity index (χ0v) is 18.1. The third kappa shape index (κ3) is 5.32. The van der Waals surface area contributed by atoms with Gasteiger partial charge in [0.05, 0.1) is 0 Å². The van der Waals surface area contributed by atoms with Crippen LogP contribution in [0.15, 0.2) is 54.6 Å². The first kappa shape index (κ1) is 21.5. The van der Waals surface area contributed by atoms with Gasteiger partial charge >= 0.3 is 0 Å². The minimum atomic E-state index is -0.849. The summed E-state index contributed by atoms with van der Waals surface area (Å²) in [5, 5.41) is 6.08. The number of benzene rings is 2. The Labute approximate surface area is 186 Å². The molecule has 1 unspecified atom stereocenters. The van der Waals surface area contributed by atoms with Crippen LogP contribution in [-0.4, -0.2) is 35.1 Å². The number of nitrogens with zero attached hydrogens (tertiary/aromatic N) is 3. The number of para-hydroxylation sites is 1. The fourth-order valence-corrected chi connectivity index (χ4v) is 3.49. The first-order valence-electron chi connectivity index (χ1n) is 10.7. The molecule has 4 rings (SSSR count). The molecule has 1 fully saturated rings. The van der Waals surface area contributed by atoms with E-state index >= 15 is 0 Å². The lowest BCUT2D eigenvalue weighted by atomic mass is 10.2. The van der Waals surface area contributed by atoms with Crippen molar-refractivity contribution in [2.75, 3.05) is 28.6 Å². The van der Waals surface area contributed by atoms with Gasteiger partial charge in [0.1, 0.15) is 5.82 Å². The van der Waals surface area contributed by atoms with Gasteiger partial charge in [-0.25, -0.2) is 9.37 Å². The number of ether oxygens (including phenoxy) is 1. The average molecular weight is 436 g/mol. The van der Waals surface area contributed by atoms with E-state index in [1.165, 1.54) is 12.1 Å². The Morgan fingerprint density at radius 1 is 1.06 bits per heavy atom. The second-order valence-electron chi connectivity index (χ2n) is 7.77. The van der Waals surface area contributed by atoms with Crippen LogP contribution < -0.4 is 20.3 Å². The molecular weight excluding hydrogens is 409 g/mol. The number of carbonyl (C=O) groups is 1. The fraction of sp³-hybridized carbons (Fsp3) is 0.292. The first-order chi connectivity index (χ1) is 15.5. The third-order valence-corrected chi connectivity index (χ3v) is 5.17. The van der Waals surface area contributed by atoms with Crippen molar-refractivity contribution in [1.82, 2.24) is 9.97 Å². The predicted octanol–water partition coefficient (Wildman–Crippen LogP) is 4.67. The van der Waals surface area contributed by atoms with Gasteiger partial charge in [-0.05, 0) is 63.1 Å². The Balaban J connectivity index is 1.37. The lowest BCUT2D eigenvalue weighted by molar-refractivity contribution is -0.122. The highest BCUT2D eigenvalue weighted by Crippen LogP contribution is 2.23. The summed E-state index contributed by atoms with van der Waals surface area (Å²) < 4.78 is 19.2. The van der Waals surface area contributed by atoms with Gasteiger partial charge in [-0.1, -0.05) is 12.1 Å². The summed E-state index contributed by atoms with van der Waals surface area (Å²) in [5.41, 5.74) is 2.35. The molecule has 3 aromatic rings. The van der Waals surface area contributed by atoms with E-state index in [-0.39, 0.29) is 11.7 Å². The van der Waals surface area contributed by atoms with E-state index < -0.39 is 11.9 Å². The topological polar surface area (TPSA) is 79.4 Å². The molecule has 2 N–H and O–H groups in total. The Hall–Kier alpha value is -3.68. The molecule has 0 bridgehead atoms. The molecule has 1 saturated heterocycles. The number of anilines is 4. The van der Waals surface area contributed by atoms with E-state index in [0.29, 0.717) is 5.69 Å². The van der Waals surface area contributed by atoms with E-state index in [1.807, 2.05) is 25.1 Å². The smallest absolute Gasteiger partial charge is 0.265 e. The van der Waals surface area contributed by atoms with Crippen LogP contribution in [-0.2, 0) is 4.79 Å². The van der Waals surface area contributed by atoms with Crippen LogP contribution in [0.1, 0.15) is 25.5 Å². The number of aryl methyl sites for hydroxylation is 1. The molecule has 1 aliphatic rings. The zero-order valence-electron chi connectivity index (χ0n) is 18.1. The Kier molecular flexibility index (Phi) is 6.49. The maximum atomic E-state index is 13.7. The number of hydrogen-bond donors (Lipinski definition) is 2. The molecule has 1 amide bonds. The van der Waals surface area contributed by atoms with Crippen molar-refractivity contribution < 1.29 is 13.9 Å². The van der Waals surface area contributed by atoms with Crippen molar-refractivity contribution in [3.05, 3.63) is 66.1 Å². The second-order valence-corrected chi connectivity index (χ2v) is 7.77. The largest absolute Gasteiger partial charge is 0.478 e. The third-order valence-electron chi connectivity index (χ3n) is 5.17. The summed E-state index contributed by atoms with van der Waals surface area (Å²) in [6, 6.07) is 15.2. The molecule has 1 aromatic heterocycles. The van der Waals surface area contributed by atoms with Crippen LogP contribution in [0.4, 0.5) is 27.5 Å². The lowest BCUT2D eigenvalue weighted by Gasteiger charge is -2.17. The molecule has 0 aliphatic carbocycles. The maximum Gasteiger partial charge on any atom is 0.265 e. The van der Waals surface area contributed by atoms with Gasteiger partial charge in [0.25, 0.3) is 5.91 Å². The van der Waals surface area contributed by atoms with Crippen LogP contribution in [0, 0.1) is 12.7 Å². The molecular formula is C24H26FN5O2. The normalized spacial score (nSPS) is 14.2. The van der Waals surface area contributed by atoms with Crippen molar-refractivity contribution in [3.8, 4) is 5.75 Å². The fourth-order valence-electron chi connectivity index (χ4n) is 3.49. The summed E-state index contributed by atoms with van der Waals surface area (Å²) in [5.74, 6) is 0.648. The predicted molar refractivity (Wildman–Crippen MR) is 123 cm³/mol. The van der Waals surface area contributed by atoms with Crippen molar-refractivity contribution >= 4 is 29.0 Å². The zero-order chi connectivity index (χ0) is 22.5. The van der Waals surface area contributed by atoms with E-state index in [0.717, 1.165) is 49.1 Å². The number of rotatable bonds is 7. The number of aromatic nitrogens is 2. The Bertz CT molecular complexity index is 1080. The quantitative estimate of drug-likeness (QED) is 0.561. The van der Waals surface area contributed by atoms with Crippen molar-refractivity contribution in [2.24, 2.45) is 0 Å². The molecule has 0 spiro atoms. The molecule has 0 saturated carbocycles. The summed E-state index contributed by atoms with van der Waals surface area (Å²) >= 11 is 0. The lowest BCUT2D eigenvalue weighted by Crippen LogP contribution is -2.30. The number of halogens is 1. The van der Waals surface area contributed by atoms with Crippen molar-refractivity contribution in [1.29, 1.82) is 0 Å². The number of hydrogen-bond acceptors (Lipinski definition) is 6. The highest BCUT2D eigenvalue weighted by atomic mass is 19.1. The van der Waals surface area contributed by atoms with Gasteiger partial charge in [-0.15, -0.1) is 0 Å². The molecule has 2 aromatic carbocycles. The summed E-state index contributed by atoms with van der Waals surface area (Å²) in [6.07, 6.45) is 1.48. The molecule has 0 radical (unpaired) electrons. The van der Waals surface area contributed by atoms with Crippen LogP contribution in [0.25, 0.3) is 0 Å². The minimum Gasteiger partial charge on any atom is -0.478 e. The molecule has 8 heteroatoms. The minimum absolute atomic E-state index is 0.0446. The standard InChI is InChI=1S/C24H26FN5O2/c1-16-15-22(29-24(26-16)30-13-5-6-14-30)27-18-9-11-19(12-10-18)28-23(31)17(2)32-21-8-4-3-7-20(21)25/h3-4,7-12,15,17H,5-6,13-14H2,1-2H3,(H,28,31)(H,26,27,29). The Morgan fingerprint density at radius 2 is 1.75 bits per heavy atom. The van der Waals surface area contributed by atoms with Crippen LogP contribution in [0.3, 0.4) is 0 Å². The van der Waals surface area contributed by atoms with Gasteiger partial charge in [-0.2, -0.15) is 4.98 Å². The molecule has 1 atom stereocenters. The molecule has 166 valence electrons. The van der Waals surface area contributed by atoms with Gasteiger partial charge in [0.15, 0.2) is 17.7 Å². The molecule has 7 nitrogen and oxygen atoms in total. The average Bonchev–Trinajstić information content (AvgIpc) is 3.31. The van der Waals surface area contributed by atoms with Gasteiger partial charge in [0, 0.05) is 36.2 Å². The highest BCUT2D eigenvalue weighted by molar-refractivity contribution is 5.94. The van der Waals surface area contributed by atoms with Crippen molar-refractivity contribution in [3.63, 3.8) is 0 Å². The van der Waals surface area contributed by atoms with Gasteiger partial charge in [0.2, 0.25) is 5.95 Å². The number of amides is 1. The number of carbonyl (C=O) groups excluding carboxylic acids is 1. The SMILES string of the molecule is Cc1cc(Nc2ccc(NC(=O)C(C)Oc3ccccc3F)cc2)nc(N2CCCC2)n1. The Morgan fingerprint density at radius 3 is 2.47 bits per heavy atom. The first-order valence-corrected chi connectivity index (χ1v) is 10.7. The molecule has 32 heavy (non-hydrogen) atoms. The monoisotopic (exact) mass is 435 g/mol. The summed E-state index contributed by atoms with van der Waals surface area (Å²) in [6.45, 7) is 5.50. The molecule has 1 aliphatic heterocycles. The van der Waals surface area contributed by atoms with E-state index in [2.05, 4.69) is 25.5 Å². The molecule has 2 heterocycles. The van der Waals surface area contributed by atoms with Gasteiger partial charge < -0.3 is 20.3 Å². The van der Waals surface area contributed by atoms with Crippen molar-refractivity contribution in [2.45, 2.75) is 32.8 Å². The summed E-state index contributed by atoms with van der Waals surface area (Å²) in [4.78, 5) is 23.8. The van der Waals surface area contributed by atoms with E-state index in [4.69, 9.17) is 4.74 Å². The van der Waals surface area contributed by atoms with Gasteiger partial charge in [-0.3, -0.25) is 4.79 Å². The maximum absolute atomic E-state index is 13.7. The van der Waals surface area contributed by atoms with E-state index in [9.17, 15) is 9.18 Å². The number of nitrogens with one attached hydrogen (secondary N) is 2. The van der Waals surface area contributed by atoms with Crippen LogP contribution in [0.2, 0.25) is 0 Å². The summed E-state index contributed by atoms with van der Waals surface area (Å²) in [7, 11) is 0. The van der Waals surface area contributed by atoms with Crippen LogP contribution in [0.5, 0.6) is 5.75 Å². The second kappa shape index (κ2) is 9.64. The highest BCUT2D eigenvalue weighted by Gasteiger charge is 2.17.